The van der Waals surface area contributed by atoms with Crippen molar-refractivity contribution in [3.05, 3.63) is 100 Å². The van der Waals surface area contributed by atoms with Gasteiger partial charge in [-0.3, -0.25) is 14.6 Å². The number of ether oxygens (including phenoxy) is 1. The minimum atomic E-state index is -0.497. The van der Waals surface area contributed by atoms with Gasteiger partial charge in [-0.05, 0) is 79.2 Å². The van der Waals surface area contributed by atoms with E-state index in [1.807, 2.05) is 12.1 Å². The molecule has 7 rings (SSSR count). The van der Waals surface area contributed by atoms with Crippen LogP contribution in [0, 0.1) is 0 Å². The largest absolute Gasteiger partial charge is 0.369 e. The molecule has 3 atom stereocenters. The van der Waals surface area contributed by atoms with E-state index in [-0.39, 0.29) is 18.0 Å². The number of rotatable bonds is 9. The van der Waals surface area contributed by atoms with E-state index < -0.39 is 5.72 Å². The summed E-state index contributed by atoms with van der Waals surface area (Å²) in [5.41, 5.74) is 5.93. The normalized spacial score (nSPS) is 24.9. The molecule has 8 heteroatoms. The number of para-hydroxylation sites is 1. The summed E-state index contributed by atoms with van der Waals surface area (Å²) in [4.78, 5) is 21.3. The zero-order valence-electron chi connectivity index (χ0n) is 24.8. The van der Waals surface area contributed by atoms with Gasteiger partial charge in [0.05, 0.1) is 18.7 Å². The number of hydrogen-bond acceptors (Lipinski definition) is 6. The maximum absolute atomic E-state index is 13.8. The summed E-state index contributed by atoms with van der Waals surface area (Å²) in [5.74, 6) is 0.0396. The molecule has 0 spiro atoms. The van der Waals surface area contributed by atoms with Crippen molar-refractivity contribution in [2.45, 2.75) is 56.6 Å². The molecule has 1 unspecified atom stereocenters. The molecule has 0 radical (unpaired) electrons. The number of amides is 1. The van der Waals surface area contributed by atoms with Crippen molar-refractivity contribution in [2.24, 2.45) is 0 Å². The summed E-state index contributed by atoms with van der Waals surface area (Å²) >= 11 is 6.20. The van der Waals surface area contributed by atoms with Crippen LogP contribution < -0.4 is 15.5 Å². The van der Waals surface area contributed by atoms with Gasteiger partial charge < -0.3 is 20.3 Å². The number of carbonyl (C=O) groups excluding carboxylic acids is 1. The second-order valence-corrected chi connectivity index (χ2v) is 13.0. The fraction of sp³-hybridized carbons (Fsp3) is 0.457. The Morgan fingerprint density at radius 2 is 1.63 bits per heavy atom. The molecule has 3 aromatic carbocycles. The van der Waals surface area contributed by atoms with E-state index >= 15 is 0 Å². The zero-order chi connectivity index (χ0) is 29.2. The first-order valence-corrected chi connectivity index (χ1v) is 16.2. The first kappa shape index (κ1) is 28.8. The second kappa shape index (κ2) is 12.6. The molecule has 1 amide bonds. The fourth-order valence-corrected chi connectivity index (χ4v) is 7.36. The van der Waals surface area contributed by atoms with Crippen molar-refractivity contribution in [1.82, 2.24) is 20.4 Å². The number of nitrogens with zero attached hydrogens (tertiary/aromatic N) is 3. The second-order valence-electron chi connectivity index (χ2n) is 12.5. The monoisotopic (exact) mass is 599 g/mol. The summed E-state index contributed by atoms with van der Waals surface area (Å²) in [7, 11) is 0. The standard InChI is InChI=1S/C35H42ClN5O2/c36-30-13-11-26(12-14-30)21-33(38-34(42)31-22-27-7-1-2-8-28(27)23-37-31)35(25-43-35)41-19-17-40(18-20-41)32-10-4-3-9-29(32)24-39-15-5-6-16-39/h1-4,7-14,31,33,37H,5-6,15-25H2,(H,38,42)/t31-,33-,35?/m1/s1. The summed E-state index contributed by atoms with van der Waals surface area (Å²) in [6.45, 7) is 8.40. The average Bonchev–Trinajstić information content (AvgIpc) is 3.70. The number of piperazine rings is 1. The molecule has 3 aromatic rings. The van der Waals surface area contributed by atoms with Crippen LogP contribution in [0.25, 0.3) is 0 Å². The molecule has 226 valence electrons. The number of nitrogens with one attached hydrogen (secondary N) is 2. The molecule has 4 aliphatic heterocycles. The molecule has 3 fully saturated rings. The SMILES string of the molecule is O=C(N[C@H](Cc1ccc(Cl)cc1)C1(N2CCN(c3ccccc3CN3CCCC3)CC2)CO1)[C@H]1Cc2ccccc2CN1. The van der Waals surface area contributed by atoms with Crippen LogP contribution in [0.2, 0.25) is 5.02 Å². The Hall–Kier alpha value is -2.94. The van der Waals surface area contributed by atoms with E-state index in [9.17, 15) is 4.79 Å². The average molecular weight is 600 g/mol. The number of epoxide rings is 1. The van der Waals surface area contributed by atoms with Crippen molar-refractivity contribution < 1.29 is 9.53 Å². The van der Waals surface area contributed by atoms with E-state index in [0.29, 0.717) is 31.0 Å². The minimum Gasteiger partial charge on any atom is -0.369 e. The molecule has 3 saturated heterocycles. The van der Waals surface area contributed by atoms with Crippen molar-refractivity contribution in [1.29, 1.82) is 0 Å². The third kappa shape index (κ3) is 6.33. The Morgan fingerprint density at radius 1 is 0.930 bits per heavy atom. The third-order valence-corrected chi connectivity index (χ3v) is 10.0. The summed E-state index contributed by atoms with van der Waals surface area (Å²) in [6, 6.07) is 24.8. The van der Waals surface area contributed by atoms with Crippen LogP contribution in [0.1, 0.15) is 35.1 Å². The Balaban J connectivity index is 1.06. The molecule has 43 heavy (non-hydrogen) atoms. The van der Waals surface area contributed by atoms with E-state index in [1.54, 1.807) is 0 Å². The molecule has 0 aliphatic carbocycles. The van der Waals surface area contributed by atoms with Crippen molar-refractivity contribution in [3.63, 3.8) is 0 Å². The van der Waals surface area contributed by atoms with Crippen LogP contribution >= 0.6 is 11.6 Å². The van der Waals surface area contributed by atoms with Gasteiger partial charge in [-0.15, -0.1) is 0 Å². The van der Waals surface area contributed by atoms with E-state index in [1.165, 1.54) is 48.3 Å². The van der Waals surface area contributed by atoms with Gasteiger partial charge in [0.2, 0.25) is 5.91 Å². The summed E-state index contributed by atoms with van der Waals surface area (Å²) in [5, 5.41) is 7.63. The number of carbonyl (C=O) groups is 1. The maximum Gasteiger partial charge on any atom is 0.237 e. The van der Waals surface area contributed by atoms with Crippen LogP contribution in [0.5, 0.6) is 0 Å². The van der Waals surface area contributed by atoms with Crippen LogP contribution in [-0.4, -0.2) is 79.4 Å². The fourth-order valence-electron chi connectivity index (χ4n) is 7.23. The molecule has 0 saturated carbocycles. The first-order chi connectivity index (χ1) is 21.1. The number of halogens is 1. The lowest BCUT2D eigenvalue weighted by atomic mass is 9.94. The lowest BCUT2D eigenvalue weighted by Crippen LogP contribution is -2.62. The summed E-state index contributed by atoms with van der Waals surface area (Å²) in [6.07, 6.45) is 3.99. The minimum absolute atomic E-state index is 0.0396. The highest BCUT2D eigenvalue weighted by molar-refractivity contribution is 6.30. The van der Waals surface area contributed by atoms with Crippen LogP contribution in [0.15, 0.2) is 72.8 Å². The predicted octanol–water partition coefficient (Wildman–Crippen LogP) is 4.23. The highest BCUT2D eigenvalue weighted by atomic mass is 35.5. The zero-order valence-corrected chi connectivity index (χ0v) is 25.6. The third-order valence-electron chi connectivity index (χ3n) is 9.79. The van der Waals surface area contributed by atoms with E-state index in [0.717, 1.165) is 38.3 Å². The number of fused-ring (bicyclic) bond motifs is 1. The Kier molecular flexibility index (Phi) is 8.43. The lowest BCUT2D eigenvalue weighted by Gasteiger charge is -2.42. The molecule has 7 nitrogen and oxygen atoms in total. The highest BCUT2D eigenvalue weighted by Crippen LogP contribution is 2.38. The van der Waals surface area contributed by atoms with Crippen molar-refractivity contribution in [3.8, 4) is 0 Å². The van der Waals surface area contributed by atoms with Crippen LogP contribution in [-0.2, 0) is 35.5 Å². The predicted molar refractivity (Wildman–Crippen MR) is 171 cm³/mol. The Labute approximate surface area is 260 Å². The Bertz CT molecular complexity index is 1410. The quantitative estimate of drug-likeness (QED) is 0.359. The maximum atomic E-state index is 13.8. The van der Waals surface area contributed by atoms with Gasteiger partial charge in [-0.1, -0.05) is 66.2 Å². The lowest BCUT2D eigenvalue weighted by molar-refractivity contribution is -0.125. The van der Waals surface area contributed by atoms with Crippen molar-refractivity contribution >= 4 is 23.2 Å². The number of hydrogen-bond donors (Lipinski definition) is 2. The molecule has 0 aromatic heterocycles. The van der Waals surface area contributed by atoms with Crippen LogP contribution in [0.3, 0.4) is 0 Å². The molecular formula is C35H42ClN5O2. The smallest absolute Gasteiger partial charge is 0.237 e. The van der Waals surface area contributed by atoms with Crippen LogP contribution in [0.4, 0.5) is 5.69 Å². The molecule has 2 N–H and O–H groups in total. The van der Waals surface area contributed by atoms with Crippen molar-refractivity contribution in [2.75, 3.05) is 50.8 Å². The van der Waals surface area contributed by atoms with Gasteiger partial charge in [0.25, 0.3) is 0 Å². The van der Waals surface area contributed by atoms with Gasteiger partial charge in [-0.2, -0.15) is 0 Å². The molecular weight excluding hydrogens is 558 g/mol. The number of likely N-dealkylation sites (tertiary alicyclic amines) is 1. The molecule has 0 bridgehead atoms. The van der Waals surface area contributed by atoms with Gasteiger partial charge in [0, 0.05) is 50.0 Å². The Morgan fingerprint density at radius 3 is 2.37 bits per heavy atom. The van der Waals surface area contributed by atoms with Gasteiger partial charge >= 0.3 is 0 Å². The topological polar surface area (TPSA) is 63.4 Å². The van der Waals surface area contributed by atoms with Gasteiger partial charge in [-0.25, -0.2) is 0 Å². The molecule has 4 aliphatic rings. The van der Waals surface area contributed by atoms with Gasteiger partial charge in [0.1, 0.15) is 0 Å². The van der Waals surface area contributed by atoms with E-state index in [2.05, 4.69) is 86.0 Å². The highest BCUT2D eigenvalue weighted by Gasteiger charge is 2.57. The van der Waals surface area contributed by atoms with E-state index in [4.69, 9.17) is 16.3 Å². The first-order valence-electron chi connectivity index (χ1n) is 15.9. The summed E-state index contributed by atoms with van der Waals surface area (Å²) < 4.78 is 6.33. The molecule has 4 heterocycles. The van der Waals surface area contributed by atoms with Gasteiger partial charge in [0.15, 0.2) is 5.72 Å². The number of anilines is 1. The number of benzene rings is 3.